The molecule has 24 heavy (non-hydrogen) atoms. The minimum absolute atomic E-state index is 0.0268. The highest BCUT2D eigenvalue weighted by Gasteiger charge is 2.16. The lowest BCUT2D eigenvalue weighted by Gasteiger charge is -2.16. The van der Waals surface area contributed by atoms with Crippen molar-refractivity contribution >= 4 is 16.9 Å². The van der Waals surface area contributed by atoms with Crippen LogP contribution in [0.15, 0.2) is 29.1 Å². The fourth-order valence-electron chi connectivity index (χ4n) is 3.46. The first-order valence-corrected chi connectivity index (χ1v) is 8.89. The second-order valence-electron chi connectivity index (χ2n) is 6.67. The summed E-state index contributed by atoms with van der Waals surface area (Å²) >= 11 is 0. The molecule has 1 N–H and O–H groups in total. The Morgan fingerprint density at radius 3 is 2.67 bits per heavy atom. The topological polar surface area (TPSA) is 64.0 Å². The highest BCUT2D eigenvalue weighted by Crippen LogP contribution is 2.17. The number of hydrogen-bond donors (Lipinski definition) is 1. The number of hydrogen-bond acceptors (Lipinski definition) is 3. The maximum atomic E-state index is 12.4. The molecular weight excluding hydrogens is 302 g/mol. The minimum Gasteiger partial charge on any atom is -0.353 e. The predicted molar refractivity (Wildman–Crippen MR) is 94.9 cm³/mol. The molecule has 0 spiro atoms. The third-order valence-corrected chi connectivity index (χ3v) is 4.86. The zero-order valence-electron chi connectivity index (χ0n) is 14.3. The van der Waals surface area contributed by atoms with Gasteiger partial charge in [0.05, 0.1) is 11.0 Å². The van der Waals surface area contributed by atoms with E-state index in [2.05, 4.69) is 10.3 Å². The Morgan fingerprint density at radius 1 is 1.21 bits per heavy atom. The van der Waals surface area contributed by atoms with Crippen molar-refractivity contribution in [1.82, 2.24) is 14.9 Å². The number of nitrogens with one attached hydrogen (secondary N) is 1. The molecule has 1 aliphatic carbocycles. The summed E-state index contributed by atoms with van der Waals surface area (Å²) in [5.41, 5.74) is 1.95. The zero-order valence-corrected chi connectivity index (χ0v) is 14.3. The molecule has 5 heteroatoms. The Kier molecular flexibility index (Phi) is 5.28. The van der Waals surface area contributed by atoms with E-state index in [-0.39, 0.29) is 11.5 Å². The van der Waals surface area contributed by atoms with Crippen LogP contribution in [0.4, 0.5) is 0 Å². The summed E-state index contributed by atoms with van der Waals surface area (Å²) < 4.78 is 1.61. The Bertz CT molecular complexity index is 774. The van der Waals surface area contributed by atoms with E-state index in [1.807, 2.05) is 24.3 Å². The van der Waals surface area contributed by atoms with Crippen molar-refractivity contribution in [3.05, 3.63) is 40.3 Å². The largest absolute Gasteiger partial charge is 0.353 e. The van der Waals surface area contributed by atoms with Gasteiger partial charge in [0, 0.05) is 25.9 Å². The highest BCUT2D eigenvalue weighted by molar-refractivity contribution is 5.77. The maximum Gasteiger partial charge on any atom is 0.272 e. The van der Waals surface area contributed by atoms with E-state index in [4.69, 9.17) is 0 Å². The van der Waals surface area contributed by atoms with Crippen LogP contribution in [0.2, 0.25) is 0 Å². The summed E-state index contributed by atoms with van der Waals surface area (Å²) in [6.45, 7) is 0. The first kappa shape index (κ1) is 16.7. The lowest BCUT2D eigenvalue weighted by molar-refractivity contribution is -0.121. The molecule has 0 unspecified atom stereocenters. The molecule has 1 aliphatic rings. The van der Waals surface area contributed by atoms with Gasteiger partial charge in [0.25, 0.3) is 5.56 Å². The molecule has 1 fully saturated rings. The van der Waals surface area contributed by atoms with Crippen molar-refractivity contribution in [3.8, 4) is 0 Å². The van der Waals surface area contributed by atoms with E-state index in [1.54, 1.807) is 11.6 Å². The number of aromatic nitrogens is 2. The molecule has 0 atom stereocenters. The van der Waals surface area contributed by atoms with Gasteiger partial charge in [-0.1, -0.05) is 37.8 Å². The summed E-state index contributed by atoms with van der Waals surface area (Å²) in [6, 6.07) is 7.87. The lowest BCUT2D eigenvalue weighted by Crippen LogP contribution is -2.35. The van der Waals surface area contributed by atoms with Gasteiger partial charge in [0.15, 0.2) is 0 Å². The van der Waals surface area contributed by atoms with E-state index >= 15 is 0 Å². The Labute approximate surface area is 142 Å². The molecule has 0 saturated heterocycles. The standard InChI is InChI=1S/C19H25N3O2/c1-22-17-11-7-6-10-15(17)21-16(19(22)24)12-13-18(23)20-14-8-4-2-3-5-9-14/h6-7,10-11,14H,2-5,8-9,12-13H2,1H3,(H,20,23). The summed E-state index contributed by atoms with van der Waals surface area (Å²) in [6.07, 6.45) is 7.76. The van der Waals surface area contributed by atoms with Crippen LogP contribution >= 0.6 is 0 Å². The monoisotopic (exact) mass is 327 g/mol. The zero-order chi connectivity index (χ0) is 16.9. The van der Waals surface area contributed by atoms with Crippen molar-refractivity contribution in [2.75, 3.05) is 0 Å². The first-order valence-electron chi connectivity index (χ1n) is 8.89. The number of aryl methyl sites for hydroxylation is 2. The minimum atomic E-state index is -0.115. The Hall–Kier alpha value is -2.17. The summed E-state index contributed by atoms with van der Waals surface area (Å²) in [5, 5.41) is 3.12. The molecule has 1 heterocycles. The van der Waals surface area contributed by atoms with Gasteiger partial charge >= 0.3 is 0 Å². The van der Waals surface area contributed by atoms with Crippen LogP contribution < -0.4 is 10.9 Å². The quantitative estimate of drug-likeness (QED) is 0.878. The van der Waals surface area contributed by atoms with Gasteiger partial charge in [-0.2, -0.15) is 0 Å². The number of amides is 1. The molecule has 3 rings (SSSR count). The number of para-hydroxylation sites is 2. The van der Waals surface area contributed by atoms with Crippen LogP contribution in [-0.4, -0.2) is 21.5 Å². The normalized spacial score (nSPS) is 16.0. The fourth-order valence-corrected chi connectivity index (χ4v) is 3.46. The molecule has 5 nitrogen and oxygen atoms in total. The fraction of sp³-hybridized carbons (Fsp3) is 0.526. The van der Waals surface area contributed by atoms with E-state index in [0.29, 0.717) is 24.6 Å². The van der Waals surface area contributed by atoms with E-state index < -0.39 is 0 Å². The van der Waals surface area contributed by atoms with Gasteiger partial charge in [-0.05, 0) is 25.0 Å². The van der Waals surface area contributed by atoms with E-state index in [1.165, 1.54) is 25.7 Å². The van der Waals surface area contributed by atoms with Crippen LogP contribution in [0.5, 0.6) is 0 Å². The van der Waals surface area contributed by atoms with Crippen molar-refractivity contribution in [1.29, 1.82) is 0 Å². The number of fused-ring (bicyclic) bond motifs is 1. The molecule has 2 aromatic rings. The van der Waals surface area contributed by atoms with Crippen molar-refractivity contribution in [3.63, 3.8) is 0 Å². The van der Waals surface area contributed by atoms with Crippen molar-refractivity contribution < 1.29 is 4.79 Å². The summed E-state index contributed by atoms with van der Waals surface area (Å²) in [7, 11) is 1.75. The molecule has 1 aromatic carbocycles. The average molecular weight is 327 g/mol. The van der Waals surface area contributed by atoms with E-state index in [0.717, 1.165) is 23.9 Å². The van der Waals surface area contributed by atoms with Crippen LogP contribution in [0.25, 0.3) is 11.0 Å². The third kappa shape index (κ3) is 3.83. The van der Waals surface area contributed by atoms with Gasteiger partial charge in [0.2, 0.25) is 5.91 Å². The molecular formula is C19H25N3O2. The Morgan fingerprint density at radius 2 is 1.92 bits per heavy atom. The SMILES string of the molecule is Cn1c(=O)c(CCC(=O)NC2CCCCCC2)nc2ccccc21. The van der Waals surface area contributed by atoms with E-state index in [9.17, 15) is 9.59 Å². The van der Waals surface area contributed by atoms with Crippen LogP contribution in [0.1, 0.15) is 50.6 Å². The van der Waals surface area contributed by atoms with Gasteiger partial charge in [0.1, 0.15) is 5.69 Å². The molecule has 1 aromatic heterocycles. The summed E-state index contributed by atoms with van der Waals surface area (Å²) in [5.74, 6) is 0.0268. The number of carbonyl (C=O) groups is 1. The summed E-state index contributed by atoms with van der Waals surface area (Å²) in [4.78, 5) is 29.1. The second kappa shape index (κ2) is 7.60. The lowest BCUT2D eigenvalue weighted by atomic mass is 10.1. The number of benzene rings is 1. The first-order chi connectivity index (χ1) is 11.6. The number of carbonyl (C=O) groups excluding carboxylic acids is 1. The average Bonchev–Trinajstić information content (AvgIpc) is 2.85. The highest BCUT2D eigenvalue weighted by atomic mass is 16.1. The van der Waals surface area contributed by atoms with Crippen molar-refractivity contribution in [2.45, 2.75) is 57.4 Å². The van der Waals surface area contributed by atoms with Gasteiger partial charge in [-0.15, -0.1) is 0 Å². The molecule has 128 valence electrons. The number of rotatable bonds is 4. The smallest absolute Gasteiger partial charge is 0.272 e. The number of nitrogens with zero attached hydrogens (tertiary/aromatic N) is 2. The van der Waals surface area contributed by atoms with Gasteiger partial charge in [-0.3, -0.25) is 9.59 Å². The molecule has 0 radical (unpaired) electrons. The van der Waals surface area contributed by atoms with Crippen LogP contribution in [0.3, 0.4) is 0 Å². The second-order valence-corrected chi connectivity index (χ2v) is 6.67. The Balaban J connectivity index is 1.65. The molecule has 1 saturated carbocycles. The van der Waals surface area contributed by atoms with Gasteiger partial charge < -0.3 is 9.88 Å². The molecule has 0 aliphatic heterocycles. The maximum absolute atomic E-state index is 12.4. The van der Waals surface area contributed by atoms with Crippen LogP contribution in [0, 0.1) is 0 Å². The third-order valence-electron chi connectivity index (χ3n) is 4.86. The van der Waals surface area contributed by atoms with Crippen LogP contribution in [-0.2, 0) is 18.3 Å². The van der Waals surface area contributed by atoms with Crippen molar-refractivity contribution in [2.24, 2.45) is 7.05 Å². The predicted octanol–water partition coefficient (Wildman–Crippen LogP) is 2.71. The van der Waals surface area contributed by atoms with Gasteiger partial charge in [-0.25, -0.2) is 4.98 Å². The molecule has 0 bridgehead atoms. The molecule has 1 amide bonds.